The summed E-state index contributed by atoms with van der Waals surface area (Å²) in [4.78, 5) is 27.7. The van der Waals surface area contributed by atoms with Crippen LogP contribution in [0.4, 0.5) is 0 Å². The molecule has 0 unspecified atom stereocenters. The van der Waals surface area contributed by atoms with Gasteiger partial charge in [-0.05, 0) is 86.4 Å². The lowest BCUT2D eigenvalue weighted by molar-refractivity contribution is -0.130. The topological polar surface area (TPSA) is 160 Å². The quantitative estimate of drug-likeness (QED) is 0.0955. The van der Waals surface area contributed by atoms with Gasteiger partial charge in [0.25, 0.3) is 0 Å². The van der Waals surface area contributed by atoms with Gasteiger partial charge in [0, 0.05) is 31.1 Å². The molecule has 0 radical (unpaired) electrons. The summed E-state index contributed by atoms with van der Waals surface area (Å²) in [7, 11) is 3.36. The molecule has 1 rings (SSSR count). The van der Waals surface area contributed by atoms with Crippen LogP contribution in [0.15, 0.2) is 23.3 Å². The number of aryl methyl sites for hydroxylation is 1. The van der Waals surface area contributed by atoms with Crippen LogP contribution in [0.1, 0.15) is 71.9 Å². The largest absolute Gasteiger partial charge is 0.496 e. The van der Waals surface area contributed by atoms with E-state index in [2.05, 4.69) is 41.3 Å². The van der Waals surface area contributed by atoms with Gasteiger partial charge < -0.3 is 25.6 Å². The maximum Gasteiger partial charge on any atom is 0.224 e. The molecule has 0 bridgehead atoms. The van der Waals surface area contributed by atoms with Crippen molar-refractivity contribution in [2.24, 2.45) is 39.9 Å². The third-order valence-corrected chi connectivity index (χ3v) is 7.78. The highest BCUT2D eigenvalue weighted by molar-refractivity contribution is 5.83. The molecule has 0 aliphatic carbocycles. The Morgan fingerprint density at radius 2 is 1.82 bits per heavy atom. The molecule has 2 amide bonds. The normalized spacial score (nSPS) is 14.8. The maximum absolute atomic E-state index is 13.0. The van der Waals surface area contributed by atoms with Crippen LogP contribution < -0.4 is 15.8 Å². The molecular formula is C30H51N5O5. The van der Waals surface area contributed by atoms with Gasteiger partial charge in [-0.15, -0.1) is 0 Å². The molecule has 0 aliphatic heterocycles. The summed E-state index contributed by atoms with van der Waals surface area (Å²) in [5.41, 5.74) is 16.1. The van der Waals surface area contributed by atoms with Gasteiger partial charge in [-0.3, -0.25) is 9.59 Å². The number of hydrogen-bond acceptors (Lipinski definition) is 6. The number of azide groups is 1. The number of aliphatic hydroxyl groups is 1. The summed E-state index contributed by atoms with van der Waals surface area (Å²) >= 11 is 0. The van der Waals surface area contributed by atoms with E-state index in [0.29, 0.717) is 13.0 Å². The van der Waals surface area contributed by atoms with Crippen molar-refractivity contribution >= 4 is 11.8 Å². The van der Waals surface area contributed by atoms with Crippen LogP contribution in [0.2, 0.25) is 0 Å². The first-order valence-electron chi connectivity index (χ1n) is 14.2. The predicted octanol–water partition coefficient (Wildman–Crippen LogP) is 4.81. The number of hydrogen-bond donors (Lipinski definition) is 3. The molecule has 4 N–H and O–H groups in total. The van der Waals surface area contributed by atoms with Gasteiger partial charge in [-0.2, -0.15) is 0 Å². The summed E-state index contributed by atoms with van der Waals surface area (Å²) in [6, 6.07) is 5.52. The fourth-order valence-corrected chi connectivity index (χ4v) is 4.74. The lowest BCUT2D eigenvalue weighted by Crippen LogP contribution is -2.45. The molecule has 10 heteroatoms. The second kappa shape index (κ2) is 17.1. The Labute approximate surface area is 240 Å². The zero-order valence-corrected chi connectivity index (χ0v) is 25.6. The third kappa shape index (κ3) is 11.4. The molecule has 0 aromatic heterocycles. The second-order valence-corrected chi connectivity index (χ2v) is 12.1. The monoisotopic (exact) mass is 561 g/mol. The number of aliphatic hydroxyl groups excluding tert-OH is 1. The smallest absolute Gasteiger partial charge is 0.224 e. The van der Waals surface area contributed by atoms with Gasteiger partial charge in [0.05, 0.1) is 24.7 Å². The lowest BCUT2D eigenvalue weighted by atomic mass is 9.80. The average molecular weight is 562 g/mol. The molecule has 0 aliphatic rings. The van der Waals surface area contributed by atoms with Crippen LogP contribution in [0.5, 0.6) is 5.75 Å². The summed E-state index contributed by atoms with van der Waals surface area (Å²) < 4.78 is 10.7. The molecule has 4 atom stereocenters. The van der Waals surface area contributed by atoms with Crippen LogP contribution in [-0.4, -0.2) is 56.4 Å². The van der Waals surface area contributed by atoms with E-state index < -0.39 is 29.4 Å². The zero-order valence-electron chi connectivity index (χ0n) is 25.6. The Morgan fingerprint density at radius 1 is 1.15 bits per heavy atom. The van der Waals surface area contributed by atoms with E-state index in [-0.39, 0.29) is 36.6 Å². The standard InChI is InChI=1S/C30H51N5O5/c1-19(2)23(15-21-11-12-27(40-8)22(14-21)10-9-13-39-7)16-25(34-35-32)26(36)17-24(20(3)4)28(37)33-18-30(5,6)29(31)38/h11-12,14,19-20,23-26,36H,9-10,13,15-18H2,1-8H3,(H2,31,38)(H,33,37)/t23-,24+,25-,26-/m0/s1. The Morgan fingerprint density at radius 3 is 2.35 bits per heavy atom. The van der Waals surface area contributed by atoms with Gasteiger partial charge in [0.2, 0.25) is 11.8 Å². The number of nitrogens with one attached hydrogen (secondary N) is 1. The van der Waals surface area contributed by atoms with Crippen molar-refractivity contribution in [1.82, 2.24) is 5.32 Å². The number of methoxy groups -OCH3 is 2. The van der Waals surface area contributed by atoms with Crippen molar-refractivity contribution in [3.63, 3.8) is 0 Å². The van der Waals surface area contributed by atoms with Gasteiger partial charge in [0.15, 0.2) is 0 Å². The van der Waals surface area contributed by atoms with Crippen LogP contribution in [-0.2, 0) is 27.2 Å². The number of benzene rings is 1. The minimum absolute atomic E-state index is 0.0743. The lowest BCUT2D eigenvalue weighted by Gasteiger charge is -2.30. The first-order valence-corrected chi connectivity index (χ1v) is 14.2. The van der Waals surface area contributed by atoms with Crippen molar-refractivity contribution in [3.8, 4) is 5.75 Å². The van der Waals surface area contributed by atoms with E-state index in [4.69, 9.17) is 15.2 Å². The Balaban J connectivity index is 3.05. The Kier molecular flexibility index (Phi) is 15.1. The number of ether oxygens (including phenoxy) is 2. The molecule has 1 aromatic carbocycles. The number of carbonyl (C=O) groups excluding carboxylic acids is 2. The van der Waals surface area contributed by atoms with Gasteiger partial charge in [-0.1, -0.05) is 44.9 Å². The van der Waals surface area contributed by atoms with Crippen molar-refractivity contribution in [1.29, 1.82) is 0 Å². The highest BCUT2D eigenvalue weighted by Crippen LogP contribution is 2.30. The van der Waals surface area contributed by atoms with Crippen molar-refractivity contribution in [3.05, 3.63) is 39.8 Å². The minimum Gasteiger partial charge on any atom is -0.496 e. The molecule has 0 saturated carbocycles. The summed E-state index contributed by atoms with van der Waals surface area (Å²) in [5, 5.41) is 18.0. The Bertz CT molecular complexity index is 991. The predicted molar refractivity (Wildman–Crippen MR) is 158 cm³/mol. The van der Waals surface area contributed by atoms with Crippen LogP contribution in [0, 0.1) is 29.1 Å². The zero-order chi connectivity index (χ0) is 30.5. The third-order valence-electron chi connectivity index (χ3n) is 7.78. The van der Waals surface area contributed by atoms with Crippen molar-refractivity contribution in [2.75, 3.05) is 27.4 Å². The van der Waals surface area contributed by atoms with Gasteiger partial charge >= 0.3 is 0 Å². The van der Waals surface area contributed by atoms with Crippen LogP contribution >= 0.6 is 0 Å². The number of amides is 2. The van der Waals surface area contributed by atoms with Gasteiger partial charge in [-0.25, -0.2) is 0 Å². The van der Waals surface area contributed by atoms with Gasteiger partial charge in [0.1, 0.15) is 5.75 Å². The van der Waals surface area contributed by atoms with E-state index in [0.717, 1.165) is 36.1 Å². The summed E-state index contributed by atoms with van der Waals surface area (Å²) in [5.74, 6) is -0.117. The molecule has 0 heterocycles. The molecule has 0 spiro atoms. The number of carbonyl (C=O) groups is 2. The number of primary amides is 1. The number of nitrogens with two attached hydrogens (primary N) is 1. The minimum atomic E-state index is -1.00. The highest BCUT2D eigenvalue weighted by atomic mass is 16.5. The summed E-state index contributed by atoms with van der Waals surface area (Å²) in [6.07, 6.45) is 2.10. The molecule has 10 nitrogen and oxygen atoms in total. The fourth-order valence-electron chi connectivity index (χ4n) is 4.74. The maximum atomic E-state index is 13.0. The van der Waals surface area contributed by atoms with E-state index in [1.165, 1.54) is 0 Å². The molecular weight excluding hydrogens is 510 g/mol. The second-order valence-electron chi connectivity index (χ2n) is 12.1. The molecule has 1 aromatic rings. The van der Waals surface area contributed by atoms with Crippen molar-refractivity contribution < 1.29 is 24.2 Å². The SMILES string of the molecule is COCCCc1cc(C[C@@H](C[C@H](N=[N+]=[N-])[C@@H](O)C[C@@H](C(=O)NCC(C)(C)C(N)=O)C(C)C)C(C)C)ccc1OC. The fraction of sp³-hybridized carbons (Fsp3) is 0.733. The molecule has 0 fully saturated rings. The molecule has 40 heavy (non-hydrogen) atoms. The molecule has 226 valence electrons. The van der Waals surface area contributed by atoms with Crippen LogP contribution in [0.25, 0.3) is 10.4 Å². The van der Waals surface area contributed by atoms with E-state index in [1.54, 1.807) is 28.1 Å². The van der Waals surface area contributed by atoms with Crippen molar-refractivity contribution in [2.45, 2.75) is 85.8 Å². The van der Waals surface area contributed by atoms with E-state index in [1.807, 2.05) is 19.9 Å². The summed E-state index contributed by atoms with van der Waals surface area (Å²) in [6.45, 7) is 12.2. The van der Waals surface area contributed by atoms with E-state index in [9.17, 15) is 20.2 Å². The Hall–Kier alpha value is -2.81. The molecule has 0 saturated heterocycles. The van der Waals surface area contributed by atoms with Crippen LogP contribution in [0.3, 0.4) is 0 Å². The number of rotatable bonds is 19. The highest BCUT2D eigenvalue weighted by Gasteiger charge is 2.32. The van der Waals surface area contributed by atoms with E-state index >= 15 is 0 Å². The average Bonchev–Trinajstić information content (AvgIpc) is 2.89. The first kappa shape index (κ1) is 35.2. The first-order chi connectivity index (χ1) is 18.8. The number of nitrogens with zero attached hydrogens (tertiary/aromatic N) is 3.